The average molecular weight is 333 g/mol. The van der Waals surface area contributed by atoms with E-state index in [0.717, 1.165) is 0 Å². The number of ether oxygens (including phenoxy) is 1. The summed E-state index contributed by atoms with van der Waals surface area (Å²) in [5.74, 6) is -0.238. The fraction of sp³-hybridized carbons (Fsp3) is 0.0909. The zero-order chi connectivity index (χ0) is 13.3. The summed E-state index contributed by atoms with van der Waals surface area (Å²) in [5.41, 5.74) is 6.11. The van der Waals surface area contributed by atoms with E-state index in [1.165, 1.54) is 19.5 Å². The largest absolute Gasteiger partial charge is 0.491 e. The molecule has 18 heavy (non-hydrogen) atoms. The van der Waals surface area contributed by atoms with Gasteiger partial charge in [-0.15, -0.1) is 0 Å². The van der Waals surface area contributed by atoms with Gasteiger partial charge in [-0.1, -0.05) is 11.6 Å². The van der Waals surface area contributed by atoms with E-state index in [-0.39, 0.29) is 27.8 Å². The molecule has 0 aliphatic rings. The van der Waals surface area contributed by atoms with Gasteiger partial charge >= 0.3 is 0 Å². The molecule has 0 unspecified atom stereocenters. The lowest BCUT2D eigenvalue weighted by molar-refractivity contribution is 0.415. The van der Waals surface area contributed by atoms with Crippen molar-refractivity contribution in [3.05, 3.63) is 33.8 Å². The first-order valence-electron chi connectivity index (χ1n) is 4.84. The second-order valence-corrected chi connectivity index (χ2v) is 4.60. The van der Waals surface area contributed by atoms with Crippen molar-refractivity contribution in [1.29, 1.82) is 0 Å². The Morgan fingerprint density at radius 1 is 1.39 bits per heavy atom. The van der Waals surface area contributed by atoms with Crippen molar-refractivity contribution < 1.29 is 9.13 Å². The van der Waals surface area contributed by atoms with Gasteiger partial charge < -0.3 is 10.5 Å². The normalized spacial score (nSPS) is 10.4. The fourth-order valence-corrected chi connectivity index (χ4v) is 1.96. The Kier molecular flexibility index (Phi) is 3.68. The highest BCUT2D eigenvalue weighted by atomic mass is 79.9. The van der Waals surface area contributed by atoms with Crippen molar-refractivity contribution in [2.24, 2.45) is 0 Å². The molecule has 0 aliphatic carbocycles. The number of nitrogen functional groups attached to an aromatic ring is 1. The minimum Gasteiger partial charge on any atom is -0.491 e. The van der Waals surface area contributed by atoms with E-state index < -0.39 is 5.82 Å². The second-order valence-electron chi connectivity index (χ2n) is 3.36. The summed E-state index contributed by atoms with van der Waals surface area (Å²) >= 11 is 8.97. The Labute approximate surface area is 116 Å². The first-order chi connectivity index (χ1) is 8.56. The SMILES string of the molecule is COc1c(N)ncnc1-c1ccc(Br)c(Cl)c1F. The molecule has 0 aliphatic heterocycles. The van der Waals surface area contributed by atoms with Gasteiger partial charge in [-0.05, 0) is 28.1 Å². The molecule has 7 heteroatoms. The van der Waals surface area contributed by atoms with Crippen LogP contribution < -0.4 is 10.5 Å². The Morgan fingerprint density at radius 2 is 2.11 bits per heavy atom. The third-order valence-corrected chi connectivity index (χ3v) is 3.58. The van der Waals surface area contributed by atoms with Crippen LogP contribution in [-0.2, 0) is 0 Å². The lowest BCUT2D eigenvalue weighted by Crippen LogP contribution is -2.01. The van der Waals surface area contributed by atoms with Gasteiger partial charge in [0.15, 0.2) is 17.4 Å². The summed E-state index contributed by atoms with van der Waals surface area (Å²) < 4.78 is 19.6. The number of hydrogen-bond donors (Lipinski definition) is 1. The maximum absolute atomic E-state index is 14.1. The van der Waals surface area contributed by atoms with Gasteiger partial charge in [0, 0.05) is 10.0 Å². The summed E-state index contributed by atoms with van der Waals surface area (Å²) in [4.78, 5) is 7.76. The topological polar surface area (TPSA) is 61.0 Å². The van der Waals surface area contributed by atoms with Gasteiger partial charge in [0.25, 0.3) is 0 Å². The molecule has 1 heterocycles. The fourth-order valence-electron chi connectivity index (χ4n) is 1.49. The molecule has 0 saturated carbocycles. The second kappa shape index (κ2) is 5.07. The third kappa shape index (κ3) is 2.13. The van der Waals surface area contributed by atoms with Gasteiger partial charge in [-0.2, -0.15) is 0 Å². The molecule has 0 fully saturated rings. The number of aromatic nitrogens is 2. The molecule has 0 spiro atoms. The monoisotopic (exact) mass is 331 g/mol. The van der Waals surface area contributed by atoms with E-state index in [0.29, 0.717) is 4.47 Å². The molecule has 0 bridgehead atoms. The van der Waals surface area contributed by atoms with Gasteiger partial charge in [0.05, 0.1) is 12.1 Å². The number of halogens is 3. The molecule has 1 aromatic heterocycles. The van der Waals surface area contributed by atoms with Crippen molar-refractivity contribution in [3.8, 4) is 17.0 Å². The van der Waals surface area contributed by atoms with Crippen LogP contribution in [0.3, 0.4) is 0 Å². The van der Waals surface area contributed by atoms with Crippen LogP contribution in [0.1, 0.15) is 0 Å². The highest BCUT2D eigenvalue weighted by Crippen LogP contribution is 2.37. The van der Waals surface area contributed by atoms with Crippen molar-refractivity contribution in [2.75, 3.05) is 12.8 Å². The zero-order valence-electron chi connectivity index (χ0n) is 9.25. The summed E-state index contributed by atoms with van der Waals surface area (Å²) in [7, 11) is 1.41. The molecule has 2 N–H and O–H groups in total. The molecule has 94 valence electrons. The molecular formula is C11H8BrClFN3O. The van der Waals surface area contributed by atoms with E-state index in [1.807, 2.05) is 0 Å². The van der Waals surface area contributed by atoms with Gasteiger partial charge in [-0.25, -0.2) is 14.4 Å². The van der Waals surface area contributed by atoms with Crippen LogP contribution >= 0.6 is 27.5 Å². The van der Waals surface area contributed by atoms with Gasteiger partial charge in [0.1, 0.15) is 12.0 Å². The Morgan fingerprint density at radius 3 is 2.78 bits per heavy atom. The first-order valence-corrected chi connectivity index (χ1v) is 6.01. The maximum Gasteiger partial charge on any atom is 0.187 e. The van der Waals surface area contributed by atoms with Crippen LogP contribution in [0.4, 0.5) is 10.2 Å². The van der Waals surface area contributed by atoms with E-state index in [9.17, 15) is 4.39 Å². The molecule has 4 nitrogen and oxygen atoms in total. The third-order valence-electron chi connectivity index (χ3n) is 2.33. The molecular weight excluding hydrogens is 324 g/mol. The quantitative estimate of drug-likeness (QED) is 0.857. The predicted octanol–water partition coefficient (Wildman–Crippen LogP) is 3.29. The Bertz CT molecular complexity index is 609. The minimum atomic E-state index is -0.595. The molecule has 1 aromatic carbocycles. The molecule has 2 rings (SSSR count). The molecule has 0 amide bonds. The maximum atomic E-state index is 14.1. The standard InChI is InChI=1S/C11H8BrClFN3O/c1-18-10-9(16-4-17-11(10)15)5-2-3-6(12)7(13)8(5)14/h2-4H,1H3,(H2,15,16,17). The van der Waals surface area contributed by atoms with Crippen LogP contribution in [0.15, 0.2) is 22.9 Å². The lowest BCUT2D eigenvalue weighted by Gasteiger charge is -2.10. The van der Waals surface area contributed by atoms with Crippen LogP contribution in [-0.4, -0.2) is 17.1 Å². The van der Waals surface area contributed by atoms with Crippen LogP contribution in [0.25, 0.3) is 11.3 Å². The smallest absolute Gasteiger partial charge is 0.187 e. The van der Waals surface area contributed by atoms with Crippen molar-refractivity contribution in [2.45, 2.75) is 0 Å². The summed E-state index contributed by atoms with van der Waals surface area (Å²) in [5, 5.41) is -0.0215. The summed E-state index contributed by atoms with van der Waals surface area (Å²) in [6.45, 7) is 0. The van der Waals surface area contributed by atoms with E-state index >= 15 is 0 Å². The first kappa shape index (κ1) is 13.0. The molecule has 2 aromatic rings. The zero-order valence-corrected chi connectivity index (χ0v) is 11.6. The van der Waals surface area contributed by atoms with Crippen molar-refractivity contribution in [1.82, 2.24) is 9.97 Å². The summed E-state index contributed by atoms with van der Waals surface area (Å²) in [6.07, 6.45) is 1.24. The van der Waals surface area contributed by atoms with Gasteiger partial charge in [-0.3, -0.25) is 0 Å². The highest BCUT2D eigenvalue weighted by molar-refractivity contribution is 9.10. The number of methoxy groups -OCH3 is 1. The van der Waals surface area contributed by atoms with E-state index in [2.05, 4.69) is 25.9 Å². The highest BCUT2D eigenvalue weighted by Gasteiger charge is 2.18. The van der Waals surface area contributed by atoms with Crippen LogP contribution in [0, 0.1) is 5.82 Å². The number of anilines is 1. The number of nitrogens with zero attached hydrogens (tertiary/aromatic N) is 2. The Balaban J connectivity index is 2.70. The minimum absolute atomic E-state index is 0.0215. The van der Waals surface area contributed by atoms with E-state index in [4.69, 9.17) is 22.1 Å². The van der Waals surface area contributed by atoms with Crippen molar-refractivity contribution >= 4 is 33.3 Å². The van der Waals surface area contributed by atoms with Crippen LogP contribution in [0.2, 0.25) is 5.02 Å². The summed E-state index contributed by atoms with van der Waals surface area (Å²) in [6, 6.07) is 3.16. The average Bonchev–Trinajstić information content (AvgIpc) is 2.36. The Hall–Kier alpha value is -1.40. The number of hydrogen-bond acceptors (Lipinski definition) is 4. The number of rotatable bonds is 2. The van der Waals surface area contributed by atoms with E-state index in [1.54, 1.807) is 6.07 Å². The predicted molar refractivity (Wildman–Crippen MR) is 71.1 cm³/mol. The van der Waals surface area contributed by atoms with Gasteiger partial charge in [0.2, 0.25) is 0 Å². The molecule has 0 saturated heterocycles. The molecule has 0 radical (unpaired) electrons. The number of benzene rings is 1. The lowest BCUT2D eigenvalue weighted by atomic mass is 10.1. The van der Waals surface area contributed by atoms with Crippen LogP contribution in [0.5, 0.6) is 5.75 Å². The number of nitrogens with two attached hydrogens (primary N) is 1. The van der Waals surface area contributed by atoms with Crippen molar-refractivity contribution in [3.63, 3.8) is 0 Å². The molecule has 0 atom stereocenters.